The lowest BCUT2D eigenvalue weighted by Crippen LogP contribution is -2.19. The van der Waals surface area contributed by atoms with Crippen molar-refractivity contribution in [2.75, 3.05) is 33.0 Å². The fourth-order valence-electron chi connectivity index (χ4n) is 1.70. The van der Waals surface area contributed by atoms with Crippen LogP contribution in [0.2, 0.25) is 0 Å². The number of nitrogens with one attached hydrogen (secondary N) is 1. The number of hydrogen-bond donors (Lipinski definition) is 2. The van der Waals surface area contributed by atoms with Crippen molar-refractivity contribution in [3.05, 3.63) is 29.6 Å². The van der Waals surface area contributed by atoms with Gasteiger partial charge < -0.3 is 25.3 Å². The summed E-state index contributed by atoms with van der Waals surface area (Å²) in [7, 11) is 0. The van der Waals surface area contributed by atoms with E-state index in [1.165, 1.54) is 19.1 Å². The third kappa shape index (κ3) is 8.56. The second-order valence-electron chi connectivity index (χ2n) is 4.91. The molecular formula is C16H23FN2O5. The molecular weight excluding hydrogens is 319 g/mol. The number of benzene rings is 1. The second-order valence-corrected chi connectivity index (χ2v) is 4.91. The minimum absolute atomic E-state index is 0.00394. The van der Waals surface area contributed by atoms with Crippen molar-refractivity contribution < 1.29 is 28.2 Å². The maximum absolute atomic E-state index is 13.8. The minimum Gasteiger partial charge on any atom is -0.423 e. The highest BCUT2D eigenvalue weighted by Gasteiger charge is 2.10. The average Bonchev–Trinajstić information content (AvgIpc) is 2.54. The van der Waals surface area contributed by atoms with Crippen LogP contribution in [0.15, 0.2) is 18.2 Å². The molecule has 1 aromatic rings. The molecule has 0 unspecified atom stereocenters. The number of amides is 1. The fraction of sp³-hybridized carbons (Fsp3) is 0.500. The Hall–Kier alpha value is -2.03. The summed E-state index contributed by atoms with van der Waals surface area (Å²) in [5.74, 6) is -1.62. The van der Waals surface area contributed by atoms with Gasteiger partial charge in [0.1, 0.15) is 0 Å². The first-order valence-electron chi connectivity index (χ1n) is 7.62. The largest absolute Gasteiger partial charge is 0.423 e. The van der Waals surface area contributed by atoms with Crippen LogP contribution in [0, 0.1) is 5.82 Å². The van der Waals surface area contributed by atoms with Gasteiger partial charge in [0.05, 0.1) is 32.8 Å². The number of rotatable bonds is 11. The lowest BCUT2D eigenvalue weighted by Gasteiger charge is -2.08. The zero-order valence-corrected chi connectivity index (χ0v) is 13.7. The summed E-state index contributed by atoms with van der Waals surface area (Å²) in [6.07, 6.45) is 0.00394. The molecule has 3 N–H and O–H groups in total. The monoisotopic (exact) mass is 342 g/mol. The lowest BCUT2D eigenvalue weighted by atomic mass is 10.2. The maximum Gasteiger partial charge on any atom is 0.313 e. The van der Waals surface area contributed by atoms with Crippen LogP contribution in [0.25, 0.3) is 0 Å². The van der Waals surface area contributed by atoms with E-state index in [9.17, 15) is 14.0 Å². The topological polar surface area (TPSA) is 99.9 Å². The van der Waals surface area contributed by atoms with Gasteiger partial charge in [-0.15, -0.1) is 0 Å². The number of carbonyl (C=O) groups excluding carboxylic acids is 2. The minimum atomic E-state index is -0.665. The predicted molar refractivity (Wildman–Crippen MR) is 84.9 cm³/mol. The first kappa shape index (κ1) is 20.0. The Morgan fingerprint density at radius 3 is 2.50 bits per heavy atom. The standard InChI is InChI=1S/C16H23FN2O5/c1-12(20)19-11-13-2-3-15(14(17)10-13)24-16(21)4-6-22-8-9-23-7-5-18/h2-3,10H,4-9,11,18H2,1H3,(H,19,20). The van der Waals surface area contributed by atoms with Gasteiger partial charge in [0, 0.05) is 20.0 Å². The fourth-order valence-corrected chi connectivity index (χ4v) is 1.70. The molecule has 0 aliphatic heterocycles. The summed E-state index contributed by atoms with van der Waals surface area (Å²) in [4.78, 5) is 22.4. The van der Waals surface area contributed by atoms with E-state index in [4.69, 9.17) is 19.9 Å². The molecule has 0 spiro atoms. The number of esters is 1. The molecule has 7 nitrogen and oxygen atoms in total. The molecule has 0 atom stereocenters. The highest BCUT2D eigenvalue weighted by atomic mass is 19.1. The number of ether oxygens (including phenoxy) is 3. The van der Waals surface area contributed by atoms with Crippen LogP contribution < -0.4 is 15.8 Å². The zero-order chi connectivity index (χ0) is 17.8. The van der Waals surface area contributed by atoms with Gasteiger partial charge in [0.15, 0.2) is 11.6 Å². The van der Waals surface area contributed by atoms with Crippen LogP contribution >= 0.6 is 0 Å². The molecule has 0 saturated heterocycles. The van der Waals surface area contributed by atoms with Crippen molar-refractivity contribution in [3.8, 4) is 5.75 Å². The normalized spacial score (nSPS) is 10.5. The molecule has 0 fully saturated rings. The Bertz CT molecular complexity index is 539. The highest BCUT2D eigenvalue weighted by Crippen LogP contribution is 2.19. The van der Waals surface area contributed by atoms with Gasteiger partial charge in [-0.25, -0.2) is 4.39 Å². The molecule has 134 valence electrons. The smallest absolute Gasteiger partial charge is 0.313 e. The quantitative estimate of drug-likeness (QED) is 0.350. The van der Waals surface area contributed by atoms with Gasteiger partial charge in [-0.3, -0.25) is 9.59 Å². The van der Waals surface area contributed by atoms with E-state index in [-0.39, 0.29) is 31.2 Å². The molecule has 1 amide bonds. The molecule has 24 heavy (non-hydrogen) atoms. The molecule has 0 aliphatic rings. The summed E-state index contributed by atoms with van der Waals surface area (Å²) in [5, 5.41) is 2.55. The van der Waals surface area contributed by atoms with Crippen molar-refractivity contribution in [1.82, 2.24) is 5.32 Å². The Morgan fingerprint density at radius 1 is 1.17 bits per heavy atom. The van der Waals surface area contributed by atoms with Crippen LogP contribution in [0.5, 0.6) is 5.75 Å². The van der Waals surface area contributed by atoms with Crippen molar-refractivity contribution in [1.29, 1.82) is 0 Å². The van der Waals surface area contributed by atoms with Gasteiger partial charge in [-0.2, -0.15) is 0 Å². The second kappa shape index (κ2) is 11.5. The van der Waals surface area contributed by atoms with Gasteiger partial charge in [0.25, 0.3) is 0 Å². The van der Waals surface area contributed by atoms with Crippen molar-refractivity contribution in [2.24, 2.45) is 5.73 Å². The van der Waals surface area contributed by atoms with Crippen molar-refractivity contribution >= 4 is 11.9 Å². The Morgan fingerprint density at radius 2 is 1.88 bits per heavy atom. The summed E-state index contributed by atoms with van der Waals surface area (Å²) in [5.41, 5.74) is 5.83. The van der Waals surface area contributed by atoms with Gasteiger partial charge in [-0.05, 0) is 17.7 Å². The van der Waals surface area contributed by atoms with Crippen LogP contribution in [-0.2, 0) is 25.6 Å². The molecule has 0 bridgehead atoms. The van der Waals surface area contributed by atoms with Crippen LogP contribution in [0.3, 0.4) is 0 Å². The first-order valence-corrected chi connectivity index (χ1v) is 7.62. The summed E-state index contributed by atoms with van der Waals surface area (Å²) in [6, 6.07) is 4.14. The molecule has 0 heterocycles. The highest BCUT2D eigenvalue weighted by molar-refractivity contribution is 5.73. The summed E-state index contributed by atoms with van der Waals surface area (Å²) in [6.45, 7) is 3.40. The molecule has 0 saturated carbocycles. The number of halogens is 1. The zero-order valence-electron chi connectivity index (χ0n) is 13.7. The van der Waals surface area contributed by atoms with Gasteiger partial charge in [0.2, 0.25) is 5.91 Å². The summed E-state index contributed by atoms with van der Waals surface area (Å²) >= 11 is 0. The predicted octanol–water partition coefficient (Wildman–Crippen LogP) is 0.749. The van der Waals surface area contributed by atoms with E-state index in [2.05, 4.69) is 5.32 Å². The third-order valence-corrected chi connectivity index (χ3v) is 2.85. The number of carbonyl (C=O) groups is 2. The molecule has 0 aliphatic carbocycles. The van der Waals surface area contributed by atoms with Crippen LogP contribution in [0.1, 0.15) is 18.9 Å². The number of nitrogens with two attached hydrogens (primary N) is 1. The molecule has 0 aromatic heterocycles. The Labute approximate surface area is 140 Å². The Kier molecular flexibility index (Phi) is 9.59. The molecule has 1 rings (SSSR count). The maximum atomic E-state index is 13.8. The van der Waals surface area contributed by atoms with Gasteiger partial charge >= 0.3 is 5.97 Å². The molecule has 8 heteroatoms. The van der Waals surface area contributed by atoms with E-state index < -0.39 is 11.8 Å². The third-order valence-electron chi connectivity index (χ3n) is 2.85. The van der Waals surface area contributed by atoms with Crippen molar-refractivity contribution in [3.63, 3.8) is 0 Å². The van der Waals surface area contributed by atoms with Crippen LogP contribution in [0.4, 0.5) is 4.39 Å². The summed E-state index contributed by atoms with van der Waals surface area (Å²) < 4.78 is 29.1. The first-order chi connectivity index (χ1) is 11.5. The van der Waals surface area contributed by atoms with E-state index in [0.717, 1.165) is 0 Å². The van der Waals surface area contributed by atoms with Crippen LogP contribution in [-0.4, -0.2) is 44.8 Å². The molecule has 1 aromatic carbocycles. The van der Waals surface area contributed by atoms with E-state index >= 15 is 0 Å². The SMILES string of the molecule is CC(=O)NCc1ccc(OC(=O)CCOCCOCCN)c(F)c1. The lowest BCUT2D eigenvalue weighted by molar-refractivity contribution is -0.135. The Balaban J connectivity index is 2.29. The van der Waals surface area contributed by atoms with Crippen molar-refractivity contribution in [2.45, 2.75) is 19.9 Å². The van der Waals surface area contributed by atoms with E-state index in [0.29, 0.717) is 31.9 Å². The average molecular weight is 342 g/mol. The number of hydrogen-bond acceptors (Lipinski definition) is 6. The van der Waals surface area contributed by atoms with Gasteiger partial charge in [-0.1, -0.05) is 6.07 Å². The van der Waals surface area contributed by atoms with E-state index in [1.807, 2.05) is 0 Å². The van der Waals surface area contributed by atoms with E-state index in [1.54, 1.807) is 6.07 Å². The molecule has 0 radical (unpaired) electrons.